The average molecular weight is 462 g/mol. The monoisotopic (exact) mass is 462 g/mol. The summed E-state index contributed by atoms with van der Waals surface area (Å²) in [4.78, 5) is 7.97. The Bertz CT molecular complexity index is 1230. The summed E-state index contributed by atoms with van der Waals surface area (Å²) in [5, 5.41) is 11.2. The minimum Gasteiger partial charge on any atom is -0.475 e. The molecule has 0 amide bonds. The van der Waals surface area contributed by atoms with Crippen LogP contribution >= 0.6 is 0 Å². The van der Waals surface area contributed by atoms with Gasteiger partial charge < -0.3 is 10.4 Å². The van der Waals surface area contributed by atoms with Crippen LogP contribution in [0, 0.1) is 11.6 Å². The van der Waals surface area contributed by atoms with Gasteiger partial charge in [0.1, 0.15) is 11.6 Å². The minimum absolute atomic E-state index is 0.439. The highest BCUT2D eigenvalue weighted by atomic mass is 32.2. The SMILES string of the molecule is O=C(O)C(F)(F)F.O=S(=O)(c1c(F)cccc1F)n1cc2c3c(cccc31)CNCC2. The van der Waals surface area contributed by atoms with Crippen molar-refractivity contribution in [2.45, 2.75) is 24.0 Å². The first kappa shape index (κ1) is 22.7. The van der Waals surface area contributed by atoms with Gasteiger partial charge in [0.15, 0.2) is 4.90 Å². The maximum Gasteiger partial charge on any atom is 0.490 e. The number of aliphatic carboxylic acids is 1. The normalized spacial score (nSPS) is 14.0. The molecular formula is C19H15F5N2O4S. The summed E-state index contributed by atoms with van der Waals surface area (Å²) in [6.07, 6.45) is -2.96. The first-order chi connectivity index (χ1) is 14.4. The maximum absolute atomic E-state index is 14.0. The van der Waals surface area contributed by atoms with Crippen LogP contribution in [0.15, 0.2) is 47.5 Å². The number of carbonyl (C=O) groups is 1. The Morgan fingerprint density at radius 2 is 1.61 bits per heavy atom. The predicted molar refractivity (Wildman–Crippen MR) is 100.0 cm³/mol. The van der Waals surface area contributed by atoms with Crippen LogP contribution in [0.3, 0.4) is 0 Å². The number of carboxylic acid groups (broad SMARTS) is 1. The lowest BCUT2D eigenvalue weighted by atomic mass is 10.1. The minimum atomic E-state index is -5.08. The lowest BCUT2D eigenvalue weighted by molar-refractivity contribution is -0.192. The molecule has 0 atom stereocenters. The topological polar surface area (TPSA) is 88.4 Å². The fourth-order valence-electron chi connectivity index (χ4n) is 3.23. The Morgan fingerprint density at radius 1 is 1.03 bits per heavy atom. The Labute approximate surface area is 173 Å². The molecule has 2 N–H and O–H groups in total. The fraction of sp³-hybridized carbons (Fsp3) is 0.211. The van der Waals surface area contributed by atoms with E-state index in [2.05, 4.69) is 5.32 Å². The number of nitrogens with one attached hydrogen (secondary N) is 1. The molecule has 0 unspecified atom stereocenters. The van der Waals surface area contributed by atoms with Crippen molar-refractivity contribution in [3.8, 4) is 0 Å². The second-order valence-electron chi connectivity index (χ2n) is 6.55. The van der Waals surface area contributed by atoms with E-state index in [4.69, 9.17) is 9.90 Å². The van der Waals surface area contributed by atoms with E-state index in [-0.39, 0.29) is 0 Å². The first-order valence-electron chi connectivity index (χ1n) is 8.77. The van der Waals surface area contributed by atoms with E-state index in [0.717, 1.165) is 38.7 Å². The summed E-state index contributed by atoms with van der Waals surface area (Å²) in [6, 6.07) is 8.36. The molecular weight excluding hydrogens is 447 g/mol. The largest absolute Gasteiger partial charge is 0.490 e. The highest BCUT2D eigenvalue weighted by Gasteiger charge is 2.38. The van der Waals surface area contributed by atoms with Crippen molar-refractivity contribution in [2.24, 2.45) is 0 Å². The lowest BCUT2D eigenvalue weighted by Gasteiger charge is -2.10. The summed E-state index contributed by atoms with van der Waals surface area (Å²) in [6.45, 7) is 1.34. The van der Waals surface area contributed by atoms with Crippen LogP contribution < -0.4 is 5.32 Å². The van der Waals surface area contributed by atoms with Gasteiger partial charge in [-0.1, -0.05) is 18.2 Å². The molecule has 0 radical (unpaired) electrons. The Balaban J connectivity index is 0.000000339. The molecule has 0 fully saturated rings. The number of aromatic nitrogens is 1. The van der Waals surface area contributed by atoms with E-state index in [1.54, 1.807) is 12.1 Å². The molecule has 0 aliphatic carbocycles. The van der Waals surface area contributed by atoms with Crippen LogP contribution in [0.4, 0.5) is 22.0 Å². The van der Waals surface area contributed by atoms with Crippen molar-refractivity contribution < 1.29 is 40.3 Å². The standard InChI is InChI=1S/C17H14F2N2O2S.C2HF3O2/c18-13-4-2-5-14(19)17(13)24(22,23)21-10-12-7-8-20-9-11-3-1-6-15(21)16(11)12;3-2(4,5)1(6)7/h1-6,10,20H,7-9H2;(H,6,7). The number of nitrogens with zero attached hydrogens (tertiary/aromatic N) is 1. The third-order valence-electron chi connectivity index (χ3n) is 4.53. The van der Waals surface area contributed by atoms with Crippen LogP contribution in [0.5, 0.6) is 0 Å². The van der Waals surface area contributed by atoms with E-state index in [1.807, 2.05) is 6.07 Å². The van der Waals surface area contributed by atoms with Gasteiger partial charge in [-0.3, -0.25) is 0 Å². The van der Waals surface area contributed by atoms with Gasteiger partial charge in [0.05, 0.1) is 5.52 Å². The molecule has 6 nitrogen and oxygen atoms in total. The summed E-state index contributed by atoms with van der Waals surface area (Å²) >= 11 is 0. The molecule has 2 heterocycles. The third-order valence-corrected chi connectivity index (χ3v) is 6.25. The van der Waals surface area contributed by atoms with Crippen LogP contribution in [0.1, 0.15) is 11.1 Å². The Hall–Kier alpha value is -2.99. The highest BCUT2D eigenvalue weighted by molar-refractivity contribution is 7.90. The Kier molecular flexibility index (Phi) is 6.05. The van der Waals surface area contributed by atoms with E-state index in [0.29, 0.717) is 25.0 Å². The lowest BCUT2D eigenvalue weighted by Crippen LogP contribution is -2.21. The summed E-state index contributed by atoms with van der Waals surface area (Å²) in [5.74, 6) is -4.95. The van der Waals surface area contributed by atoms with Crippen LogP contribution in [-0.4, -0.2) is 36.2 Å². The van der Waals surface area contributed by atoms with Gasteiger partial charge in [-0.25, -0.2) is 26.0 Å². The zero-order valence-corrected chi connectivity index (χ0v) is 16.4. The number of benzene rings is 2. The van der Waals surface area contributed by atoms with Gasteiger partial charge in [-0.05, 0) is 42.3 Å². The zero-order valence-electron chi connectivity index (χ0n) is 15.6. The van der Waals surface area contributed by atoms with Gasteiger partial charge in [0, 0.05) is 18.1 Å². The van der Waals surface area contributed by atoms with Crippen LogP contribution in [-0.2, 0) is 27.8 Å². The number of carboxylic acids is 1. The number of alkyl halides is 3. The van der Waals surface area contributed by atoms with E-state index >= 15 is 0 Å². The molecule has 12 heteroatoms. The fourth-order valence-corrected chi connectivity index (χ4v) is 4.73. The second-order valence-corrected chi connectivity index (χ2v) is 8.30. The first-order valence-corrected chi connectivity index (χ1v) is 10.2. The molecule has 0 saturated heterocycles. The van der Waals surface area contributed by atoms with Crippen molar-refractivity contribution in [1.82, 2.24) is 9.29 Å². The number of hydrogen-bond donors (Lipinski definition) is 2. The molecule has 3 aromatic rings. The summed E-state index contributed by atoms with van der Waals surface area (Å²) in [5.41, 5.74) is 2.27. The molecule has 1 aliphatic rings. The third kappa shape index (κ3) is 4.39. The quantitative estimate of drug-likeness (QED) is 0.570. The predicted octanol–water partition coefficient (Wildman–Crippen LogP) is 3.44. The van der Waals surface area contributed by atoms with Crippen molar-refractivity contribution in [1.29, 1.82) is 0 Å². The molecule has 4 rings (SSSR count). The molecule has 2 aromatic carbocycles. The summed E-state index contributed by atoms with van der Waals surface area (Å²) < 4.78 is 86.6. The number of rotatable bonds is 2. The Morgan fingerprint density at radius 3 is 2.19 bits per heavy atom. The molecule has 0 spiro atoms. The number of halogens is 5. The van der Waals surface area contributed by atoms with Crippen molar-refractivity contribution >= 4 is 26.9 Å². The molecule has 1 aromatic heterocycles. The van der Waals surface area contributed by atoms with E-state index in [1.165, 1.54) is 6.20 Å². The van der Waals surface area contributed by atoms with Crippen molar-refractivity contribution in [3.63, 3.8) is 0 Å². The van der Waals surface area contributed by atoms with Gasteiger partial charge >= 0.3 is 12.1 Å². The molecule has 31 heavy (non-hydrogen) atoms. The van der Waals surface area contributed by atoms with E-state index < -0.39 is 38.7 Å². The van der Waals surface area contributed by atoms with Crippen molar-refractivity contribution in [2.75, 3.05) is 6.54 Å². The average Bonchev–Trinajstić information content (AvgIpc) is 2.92. The molecule has 1 aliphatic heterocycles. The van der Waals surface area contributed by atoms with Gasteiger partial charge in [-0.2, -0.15) is 13.2 Å². The smallest absolute Gasteiger partial charge is 0.475 e. The van der Waals surface area contributed by atoms with Gasteiger partial charge in [-0.15, -0.1) is 0 Å². The van der Waals surface area contributed by atoms with Crippen LogP contribution in [0.2, 0.25) is 0 Å². The van der Waals surface area contributed by atoms with Crippen molar-refractivity contribution in [3.05, 3.63) is 65.4 Å². The van der Waals surface area contributed by atoms with Gasteiger partial charge in [0.2, 0.25) is 0 Å². The summed E-state index contributed by atoms with van der Waals surface area (Å²) in [7, 11) is -4.37. The molecule has 0 bridgehead atoms. The van der Waals surface area contributed by atoms with Gasteiger partial charge in [0.25, 0.3) is 10.0 Å². The second kappa shape index (κ2) is 8.27. The zero-order chi connectivity index (χ0) is 23.0. The number of hydrogen-bond acceptors (Lipinski definition) is 4. The van der Waals surface area contributed by atoms with Crippen LogP contribution in [0.25, 0.3) is 10.9 Å². The molecule has 166 valence electrons. The highest BCUT2D eigenvalue weighted by Crippen LogP contribution is 2.31. The maximum atomic E-state index is 14.0. The van der Waals surface area contributed by atoms with E-state index in [9.17, 15) is 30.4 Å². The molecule has 0 saturated carbocycles.